The van der Waals surface area contributed by atoms with Crippen LogP contribution in [-0.2, 0) is 9.53 Å². The molecule has 2 bridgehead atoms. The molecule has 0 spiro atoms. The van der Waals surface area contributed by atoms with E-state index >= 15 is 0 Å². The molecule has 0 N–H and O–H groups in total. The van der Waals surface area contributed by atoms with Crippen LogP contribution in [0.3, 0.4) is 0 Å². The molecule has 3 aliphatic heterocycles. The first-order valence-corrected chi connectivity index (χ1v) is 16.2. The van der Waals surface area contributed by atoms with Gasteiger partial charge in [-0.25, -0.2) is 0 Å². The summed E-state index contributed by atoms with van der Waals surface area (Å²) >= 11 is 4.73. The second kappa shape index (κ2) is 9.60. The summed E-state index contributed by atoms with van der Waals surface area (Å²) in [6, 6.07) is 0. The predicted octanol–water partition coefficient (Wildman–Crippen LogP) is 6.28. The molecule has 3 aromatic heterocycles. The lowest BCUT2D eigenvalue weighted by molar-refractivity contribution is -0.154. The number of esters is 1. The summed E-state index contributed by atoms with van der Waals surface area (Å²) in [6.45, 7) is 5.04. The average molecular weight is 601 g/mol. The summed E-state index contributed by atoms with van der Waals surface area (Å²) in [5, 5.41) is 3.96. The van der Waals surface area contributed by atoms with Gasteiger partial charge < -0.3 is 33.2 Å². The number of ether oxygens (including phenoxy) is 7. The SMILES string of the molecule is CC1(COC(=O)C2CC3C=CC2C3)COc2c(-c3scc4c3OCCO4)sc(-c3scc4c3OCCO4)c2OC1. The minimum atomic E-state index is -0.517. The van der Waals surface area contributed by atoms with Gasteiger partial charge in [-0.15, -0.1) is 34.0 Å². The molecule has 2 aliphatic carbocycles. The van der Waals surface area contributed by atoms with Crippen molar-refractivity contribution in [2.24, 2.45) is 23.2 Å². The van der Waals surface area contributed by atoms with Crippen molar-refractivity contribution in [2.75, 3.05) is 46.2 Å². The standard InChI is InChI=1S/C29H28O8S3/c1-29(14-37-28(30)17-9-15-2-3-16(17)8-15)12-35-22-23(36-13-29)27(25-21-19(11-39-25)32-5-7-34-21)40-26(22)24-20-18(10-38-24)31-4-6-33-20/h2-3,10-11,15-17H,4-9,12-14H2,1H3. The summed E-state index contributed by atoms with van der Waals surface area (Å²) in [7, 11) is 0. The van der Waals surface area contributed by atoms with E-state index in [2.05, 4.69) is 12.2 Å². The molecule has 1 saturated carbocycles. The Kier molecular flexibility index (Phi) is 5.97. The van der Waals surface area contributed by atoms with Crippen LogP contribution in [-0.4, -0.2) is 52.2 Å². The molecular formula is C29H28O8S3. The molecule has 0 aromatic carbocycles. The van der Waals surface area contributed by atoms with Crippen molar-refractivity contribution in [3.8, 4) is 54.0 Å². The number of thiophene rings is 3. The Morgan fingerprint density at radius 1 is 0.800 bits per heavy atom. The molecular weight excluding hydrogens is 573 g/mol. The van der Waals surface area contributed by atoms with Gasteiger partial charge in [-0.1, -0.05) is 12.2 Å². The van der Waals surface area contributed by atoms with Gasteiger partial charge in [0, 0.05) is 10.8 Å². The maximum absolute atomic E-state index is 13.0. The van der Waals surface area contributed by atoms with Crippen LogP contribution < -0.4 is 28.4 Å². The molecule has 40 heavy (non-hydrogen) atoms. The summed E-state index contributed by atoms with van der Waals surface area (Å²) in [6.07, 6.45) is 6.37. The van der Waals surface area contributed by atoms with Crippen LogP contribution in [0.4, 0.5) is 0 Å². The molecule has 5 aliphatic rings. The van der Waals surface area contributed by atoms with Crippen LogP contribution in [0.15, 0.2) is 22.9 Å². The lowest BCUT2D eigenvalue weighted by Gasteiger charge is -2.27. The van der Waals surface area contributed by atoms with Gasteiger partial charge in [-0.05, 0) is 31.6 Å². The highest BCUT2D eigenvalue weighted by Gasteiger charge is 2.43. The smallest absolute Gasteiger partial charge is 0.309 e. The van der Waals surface area contributed by atoms with Gasteiger partial charge >= 0.3 is 5.97 Å². The summed E-state index contributed by atoms with van der Waals surface area (Å²) < 4.78 is 42.7. The monoisotopic (exact) mass is 600 g/mol. The van der Waals surface area contributed by atoms with Crippen molar-refractivity contribution in [2.45, 2.75) is 19.8 Å². The van der Waals surface area contributed by atoms with Gasteiger partial charge in [-0.2, -0.15) is 0 Å². The number of fused-ring (bicyclic) bond motifs is 5. The number of carbonyl (C=O) groups is 1. The van der Waals surface area contributed by atoms with Crippen molar-refractivity contribution in [3.63, 3.8) is 0 Å². The van der Waals surface area contributed by atoms with E-state index in [9.17, 15) is 4.79 Å². The zero-order valence-electron chi connectivity index (χ0n) is 21.9. The quantitative estimate of drug-likeness (QED) is 0.250. The fourth-order valence-corrected chi connectivity index (χ4v) is 9.36. The van der Waals surface area contributed by atoms with E-state index in [-0.39, 0.29) is 18.5 Å². The molecule has 11 heteroatoms. The summed E-state index contributed by atoms with van der Waals surface area (Å²) in [5.41, 5.74) is -0.517. The van der Waals surface area contributed by atoms with Gasteiger partial charge in [0.1, 0.15) is 46.2 Å². The van der Waals surface area contributed by atoms with Crippen LogP contribution in [0.5, 0.6) is 34.5 Å². The van der Waals surface area contributed by atoms with E-state index < -0.39 is 5.41 Å². The van der Waals surface area contributed by atoms with E-state index in [4.69, 9.17) is 33.2 Å². The maximum atomic E-state index is 13.0. The Bertz CT molecular complexity index is 1420. The van der Waals surface area contributed by atoms with Crippen molar-refractivity contribution >= 4 is 40.0 Å². The summed E-state index contributed by atoms with van der Waals surface area (Å²) in [5.74, 6) is 5.02. The molecule has 210 valence electrons. The van der Waals surface area contributed by atoms with Crippen molar-refractivity contribution in [1.82, 2.24) is 0 Å². The van der Waals surface area contributed by atoms with E-state index in [0.29, 0.717) is 63.0 Å². The van der Waals surface area contributed by atoms with Crippen molar-refractivity contribution < 1.29 is 38.0 Å². The zero-order chi connectivity index (χ0) is 26.8. The van der Waals surface area contributed by atoms with Crippen LogP contribution in [0.1, 0.15) is 19.8 Å². The lowest BCUT2D eigenvalue weighted by Crippen LogP contribution is -2.37. The molecule has 0 amide bonds. The molecule has 8 nitrogen and oxygen atoms in total. The van der Waals surface area contributed by atoms with Crippen LogP contribution in [0, 0.1) is 23.2 Å². The van der Waals surface area contributed by atoms with Crippen LogP contribution >= 0.6 is 34.0 Å². The maximum Gasteiger partial charge on any atom is 0.309 e. The Balaban J connectivity index is 1.11. The van der Waals surface area contributed by atoms with Gasteiger partial charge in [0.2, 0.25) is 0 Å². The Hall–Kier alpha value is -2.89. The number of hydrogen-bond acceptors (Lipinski definition) is 11. The zero-order valence-corrected chi connectivity index (χ0v) is 24.3. The molecule has 3 atom stereocenters. The van der Waals surface area contributed by atoms with Crippen molar-refractivity contribution in [1.29, 1.82) is 0 Å². The van der Waals surface area contributed by atoms with Crippen LogP contribution in [0.2, 0.25) is 0 Å². The highest BCUT2D eigenvalue weighted by molar-refractivity contribution is 7.27. The Morgan fingerprint density at radius 2 is 1.40 bits per heavy atom. The van der Waals surface area contributed by atoms with Gasteiger partial charge in [0.15, 0.2) is 34.5 Å². The molecule has 0 saturated heterocycles. The number of rotatable bonds is 5. The third-order valence-corrected chi connectivity index (χ3v) is 11.5. The van der Waals surface area contributed by atoms with Gasteiger partial charge in [0.05, 0.1) is 30.8 Å². The van der Waals surface area contributed by atoms with Gasteiger partial charge in [0.25, 0.3) is 0 Å². The highest BCUT2D eigenvalue weighted by atomic mass is 32.1. The van der Waals surface area contributed by atoms with E-state index in [1.165, 1.54) is 0 Å². The fraction of sp³-hybridized carbons (Fsp3) is 0.483. The topological polar surface area (TPSA) is 81.7 Å². The first-order chi connectivity index (χ1) is 19.6. The Labute approximate surface area is 243 Å². The lowest BCUT2D eigenvalue weighted by atomic mass is 9.92. The first kappa shape index (κ1) is 24.9. The van der Waals surface area contributed by atoms with E-state index in [1.807, 2.05) is 17.7 Å². The molecule has 1 fully saturated rings. The van der Waals surface area contributed by atoms with Crippen molar-refractivity contribution in [3.05, 3.63) is 22.9 Å². The third-order valence-electron chi connectivity index (χ3n) is 8.11. The Morgan fingerprint density at radius 3 is 1.95 bits per heavy atom. The average Bonchev–Trinajstić information content (AvgIpc) is 3.80. The first-order valence-electron chi connectivity index (χ1n) is 13.6. The van der Waals surface area contributed by atoms with Crippen LogP contribution in [0.25, 0.3) is 19.5 Å². The number of allylic oxidation sites excluding steroid dienone is 2. The van der Waals surface area contributed by atoms with E-state index in [0.717, 1.165) is 55.3 Å². The molecule has 8 rings (SSSR count). The molecule has 3 unspecified atom stereocenters. The van der Waals surface area contributed by atoms with Gasteiger partial charge in [-0.3, -0.25) is 4.79 Å². The second-order valence-corrected chi connectivity index (χ2v) is 14.0. The minimum Gasteiger partial charge on any atom is -0.487 e. The number of carbonyl (C=O) groups excluding carboxylic acids is 1. The predicted molar refractivity (Wildman–Crippen MR) is 152 cm³/mol. The third kappa shape index (κ3) is 4.08. The number of hydrogen-bond donors (Lipinski definition) is 0. The minimum absolute atomic E-state index is 0.0370. The molecule has 3 aromatic rings. The summed E-state index contributed by atoms with van der Waals surface area (Å²) in [4.78, 5) is 16.7. The normalized spacial score (nSPS) is 25.1. The molecule has 0 radical (unpaired) electrons. The van der Waals surface area contributed by atoms with E-state index in [1.54, 1.807) is 34.0 Å². The largest absolute Gasteiger partial charge is 0.487 e. The second-order valence-electron chi connectivity index (χ2n) is 11.2. The molecule has 6 heterocycles. The fourth-order valence-electron chi connectivity index (χ4n) is 6.02. The highest BCUT2D eigenvalue weighted by Crippen LogP contribution is 2.61.